The fourth-order valence-corrected chi connectivity index (χ4v) is 3.43. The van der Waals surface area contributed by atoms with Crippen LogP contribution in [0, 0.1) is 0 Å². The molecule has 0 bridgehead atoms. The smallest absolute Gasteiger partial charge is 0.223 e. The minimum Gasteiger partial charge on any atom is -0.361 e. The maximum atomic E-state index is 12.6. The third kappa shape index (κ3) is 2.58. The summed E-state index contributed by atoms with van der Waals surface area (Å²) in [6.45, 7) is 4.19. The van der Waals surface area contributed by atoms with Gasteiger partial charge in [-0.15, -0.1) is 10.2 Å². The molecule has 0 spiro atoms. The lowest BCUT2D eigenvalue weighted by Gasteiger charge is -2.27. The number of hydrogen-bond donors (Lipinski definition) is 1. The zero-order valence-corrected chi connectivity index (χ0v) is 13.8. The van der Waals surface area contributed by atoms with Crippen molar-refractivity contribution in [3.63, 3.8) is 0 Å². The van der Waals surface area contributed by atoms with Crippen LogP contribution in [0.15, 0.2) is 30.5 Å². The number of rotatable bonds is 4. The van der Waals surface area contributed by atoms with E-state index in [1.54, 1.807) is 0 Å². The van der Waals surface area contributed by atoms with Crippen molar-refractivity contribution in [1.82, 2.24) is 24.6 Å². The minimum absolute atomic E-state index is 0.188. The van der Waals surface area contributed by atoms with E-state index in [9.17, 15) is 4.79 Å². The summed E-state index contributed by atoms with van der Waals surface area (Å²) in [4.78, 5) is 17.7. The number of nitrogens with one attached hydrogen (secondary N) is 1. The Hall–Kier alpha value is -2.63. The van der Waals surface area contributed by atoms with Crippen LogP contribution in [-0.4, -0.2) is 37.1 Å². The first kappa shape index (κ1) is 14.9. The van der Waals surface area contributed by atoms with Gasteiger partial charge in [-0.3, -0.25) is 4.79 Å². The number of aromatic amines is 1. The number of carbonyl (C=O) groups is 1. The van der Waals surface area contributed by atoms with Gasteiger partial charge in [-0.25, -0.2) is 0 Å². The molecule has 0 unspecified atom stereocenters. The van der Waals surface area contributed by atoms with Crippen molar-refractivity contribution >= 4 is 16.8 Å². The lowest BCUT2D eigenvalue weighted by Crippen LogP contribution is -2.38. The zero-order valence-electron chi connectivity index (χ0n) is 13.8. The molecule has 0 fully saturated rings. The van der Waals surface area contributed by atoms with Gasteiger partial charge in [-0.2, -0.15) is 0 Å². The first-order chi connectivity index (χ1) is 11.8. The average molecular weight is 323 g/mol. The van der Waals surface area contributed by atoms with Crippen molar-refractivity contribution in [2.45, 2.75) is 39.3 Å². The molecule has 1 aromatic carbocycles. The quantitative estimate of drug-likeness (QED) is 0.801. The molecule has 1 N–H and O–H groups in total. The fraction of sp³-hybridized carbons (Fsp3) is 0.389. The fourth-order valence-electron chi connectivity index (χ4n) is 3.43. The van der Waals surface area contributed by atoms with Crippen molar-refractivity contribution in [2.75, 3.05) is 6.54 Å². The van der Waals surface area contributed by atoms with E-state index in [1.165, 1.54) is 10.9 Å². The Balaban J connectivity index is 1.42. The van der Waals surface area contributed by atoms with E-state index >= 15 is 0 Å². The SMILES string of the molecule is CCc1nnc2n1CCN(C(=O)CCc1c[nH]c3ccccc13)C2. The van der Waals surface area contributed by atoms with E-state index in [1.807, 2.05) is 23.2 Å². The molecule has 1 aliphatic rings. The summed E-state index contributed by atoms with van der Waals surface area (Å²) in [7, 11) is 0. The maximum Gasteiger partial charge on any atom is 0.223 e. The van der Waals surface area contributed by atoms with Crippen LogP contribution in [0.25, 0.3) is 10.9 Å². The Kier molecular flexibility index (Phi) is 3.80. The Morgan fingerprint density at radius 3 is 3.00 bits per heavy atom. The van der Waals surface area contributed by atoms with Crippen LogP contribution >= 0.6 is 0 Å². The van der Waals surface area contributed by atoms with Crippen LogP contribution in [0.1, 0.15) is 30.6 Å². The molecule has 0 atom stereocenters. The van der Waals surface area contributed by atoms with Gasteiger partial charge in [0.25, 0.3) is 0 Å². The number of hydrogen-bond acceptors (Lipinski definition) is 3. The van der Waals surface area contributed by atoms with Crippen molar-refractivity contribution in [3.05, 3.63) is 47.7 Å². The Morgan fingerprint density at radius 2 is 2.12 bits per heavy atom. The molecule has 124 valence electrons. The first-order valence-corrected chi connectivity index (χ1v) is 8.50. The molecule has 0 saturated heterocycles. The summed E-state index contributed by atoms with van der Waals surface area (Å²) >= 11 is 0. The predicted octanol–water partition coefficient (Wildman–Crippen LogP) is 2.30. The lowest BCUT2D eigenvalue weighted by molar-refractivity contribution is -0.132. The second kappa shape index (κ2) is 6.11. The predicted molar refractivity (Wildman–Crippen MR) is 91.4 cm³/mol. The second-order valence-corrected chi connectivity index (χ2v) is 6.21. The highest BCUT2D eigenvalue weighted by Crippen LogP contribution is 2.20. The van der Waals surface area contributed by atoms with Gasteiger partial charge in [0.15, 0.2) is 5.82 Å². The highest BCUT2D eigenvalue weighted by Gasteiger charge is 2.23. The van der Waals surface area contributed by atoms with Gasteiger partial charge in [-0.05, 0) is 18.1 Å². The Morgan fingerprint density at radius 1 is 1.25 bits per heavy atom. The number of H-pyrrole nitrogens is 1. The summed E-state index contributed by atoms with van der Waals surface area (Å²) in [6.07, 6.45) is 4.17. The molecule has 0 aliphatic carbocycles. The van der Waals surface area contributed by atoms with Gasteiger partial charge in [0, 0.05) is 43.0 Å². The summed E-state index contributed by atoms with van der Waals surface area (Å²) in [6, 6.07) is 8.21. The van der Waals surface area contributed by atoms with Gasteiger partial charge >= 0.3 is 0 Å². The average Bonchev–Trinajstić information content (AvgIpc) is 3.22. The number of nitrogens with zero attached hydrogens (tertiary/aromatic N) is 4. The third-order valence-electron chi connectivity index (χ3n) is 4.78. The lowest BCUT2D eigenvalue weighted by atomic mass is 10.1. The molecule has 3 aromatic rings. The number of benzene rings is 1. The van der Waals surface area contributed by atoms with E-state index in [0.717, 1.165) is 43.1 Å². The molecule has 6 heteroatoms. The highest BCUT2D eigenvalue weighted by molar-refractivity contribution is 5.84. The van der Waals surface area contributed by atoms with Gasteiger partial charge in [0.2, 0.25) is 5.91 Å². The Bertz CT molecular complexity index is 879. The summed E-state index contributed by atoms with van der Waals surface area (Å²) in [5, 5.41) is 9.63. The normalized spacial score (nSPS) is 14.1. The molecular formula is C18H21N5O. The number of amides is 1. The molecule has 4 rings (SSSR count). The van der Waals surface area contributed by atoms with Crippen molar-refractivity contribution < 1.29 is 4.79 Å². The molecular weight excluding hydrogens is 302 g/mol. The van der Waals surface area contributed by atoms with Crippen LogP contribution in [0.4, 0.5) is 0 Å². The van der Waals surface area contributed by atoms with E-state index in [2.05, 4.69) is 38.8 Å². The van der Waals surface area contributed by atoms with Gasteiger partial charge in [0.1, 0.15) is 5.82 Å². The molecule has 3 heterocycles. The summed E-state index contributed by atoms with van der Waals surface area (Å²) in [5.41, 5.74) is 2.32. The molecule has 1 amide bonds. The topological polar surface area (TPSA) is 66.8 Å². The van der Waals surface area contributed by atoms with Gasteiger partial charge in [-0.1, -0.05) is 25.1 Å². The van der Waals surface area contributed by atoms with E-state index in [0.29, 0.717) is 13.0 Å². The van der Waals surface area contributed by atoms with E-state index in [4.69, 9.17) is 0 Å². The molecule has 1 aliphatic heterocycles. The Labute approximate surface area is 140 Å². The molecule has 2 aromatic heterocycles. The molecule has 24 heavy (non-hydrogen) atoms. The van der Waals surface area contributed by atoms with E-state index in [-0.39, 0.29) is 5.91 Å². The third-order valence-corrected chi connectivity index (χ3v) is 4.78. The van der Waals surface area contributed by atoms with Crippen LogP contribution < -0.4 is 0 Å². The largest absolute Gasteiger partial charge is 0.361 e. The zero-order chi connectivity index (χ0) is 16.5. The van der Waals surface area contributed by atoms with Crippen LogP contribution in [0.2, 0.25) is 0 Å². The van der Waals surface area contributed by atoms with Crippen molar-refractivity contribution in [1.29, 1.82) is 0 Å². The number of fused-ring (bicyclic) bond motifs is 2. The standard InChI is InChI=1S/C18H21N5O/c1-2-16-20-21-17-12-22(9-10-23(16)17)18(24)8-7-13-11-19-15-6-4-3-5-14(13)15/h3-6,11,19H,2,7-10,12H2,1H3. The highest BCUT2D eigenvalue weighted by atomic mass is 16.2. The van der Waals surface area contributed by atoms with Crippen LogP contribution in [-0.2, 0) is 30.7 Å². The van der Waals surface area contributed by atoms with Crippen molar-refractivity contribution in [2.24, 2.45) is 0 Å². The number of aromatic nitrogens is 4. The van der Waals surface area contributed by atoms with Crippen LogP contribution in [0.3, 0.4) is 0 Å². The van der Waals surface area contributed by atoms with Gasteiger partial charge < -0.3 is 14.5 Å². The first-order valence-electron chi connectivity index (χ1n) is 8.50. The van der Waals surface area contributed by atoms with Crippen LogP contribution in [0.5, 0.6) is 0 Å². The number of carbonyl (C=O) groups excluding carboxylic acids is 1. The summed E-state index contributed by atoms with van der Waals surface area (Å²) in [5.74, 6) is 2.10. The summed E-state index contributed by atoms with van der Waals surface area (Å²) < 4.78 is 2.14. The monoisotopic (exact) mass is 323 g/mol. The number of para-hydroxylation sites is 1. The number of aryl methyl sites for hydroxylation is 2. The molecule has 0 saturated carbocycles. The van der Waals surface area contributed by atoms with Crippen molar-refractivity contribution in [3.8, 4) is 0 Å². The second-order valence-electron chi connectivity index (χ2n) is 6.21. The molecule has 0 radical (unpaired) electrons. The minimum atomic E-state index is 0.188. The maximum absolute atomic E-state index is 12.6. The van der Waals surface area contributed by atoms with E-state index < -0.39 is 0 Å². The van der Waals surface area contributed by atoms with Gasteiger partial charge in [0.05, 0.1) is 6.54 Å². The molecule has 6 nitrogen and oxygen atoms in total.